The summed E-state index contributed by atoms with van der Waals surface area (Å²) >= 11 is 0. The smallest absolute Gasteiger partial charge is 0.422 e. The third-order valence-electron chi connectivity index (χ3n) is 4.65. The highest BCUT2D eigenvalue weighted by atomic mass is 32.2. The Labute approximate surface area is 177 Å². The normalized spacial score (nSPS) is 16.0. The lowest BCUT2D eigenvalue weighted by Crippen LogP contribution is -2.32. The summed E-state index contributed by atoms with van der Waals surface area (Å²) in [5, 5.41) is 5.91. The molecule has 0 saturated carbocycles. The van der Waals surface area contributed by atoms with Crippen LogP contribution in [0.5, 0.6) is 5.75 Å². The highest BCUT2D eigenvalue weighted by Crippen LogP contribution is 2.31. The fraction of sp³-hybridized carbons (Fsp3) is 0.474. The number of aryl methyl sites for hydroxylation is 1. The molecule has 31 heavy (non-hydrogen) atoms. The number of carbonyl (C=O) groups is 1. The van der Waals surface area contributed by atoms with E-state index >= 15 is 0 Å². The molecule has 12 heteroatoms. The van der Waals surface area contributed by atoms with Gasteiger partial charge in [0.25, 0.3) is 5.91 Å². The summed E-state index contributed by atoms with van der Waals surface area (Å²) in [6.07, 6.45) is -1.31. The van der Waals surface area contributed by atoms with Gasteiger partial charge in [-0.05, 0) is 38.0 Å². The maximum atomic E-state index is 13.0. The lowest BCUT2D eigenvalue weighted by atomic mass is 10.2. The Morgan fingerprint density at radius 1 is 1.19 bits per heavy atom. The van der Waals surface area contributed by atoms with E-state index < -0.39 is 28.7 Å². The molecule has 2 heterocycles. The van der Waals surface area contributed by atoms with Gasteiger partial charge < -0.3 is 14.6 Å². The Hall–Kier alpha value is -2.60. The van der Waals surface area contributed by atoms with Crippen molar-refractivity contribution >= 4 is 21.6 Å². The SMILES string of the molecule is Cc1cc(C(=O)Nc2cc(S(=O)(=O)N3CCCCCC3)ccc2OCC(F)(F)F)no1. The average molecular weight is 461 g/mol. The van der Waals surface area contributed by atoms with Crippen LogP contribution in [-0.4, -0.2) is 49.7 Å². The van der Waals surface area contributed by atoms with Crippen LogP contribution in [-0.2, 0) is 10.0 Å². The van der Waals surface area contributed by atoms with Gasteiger partial charge in [-0.3, -0.25) is 4.79 Å². The van der Waals surface area contributed by atoms with E-state index in [1.165, 1.54) is 16.4 Å². The van der Waals surface area contributed by atoms with Crippen LogP contribution < -0.4 is 10.1 Å². The van der Waals surface area contributed by atoms with E-state index in [0.717, 1.165) is 37.8 Å². The van der Waals surface area contributed by atoms with Crippen LogP contribution in [0, 0.1) is 6.92 Å². The van der Waals surface area contributed by atoms with Crippen LogP contribution in [0.25, 0.3) is 0 Å². The van der Waals surface area contributed by atoms with Crippen LogP contribution in [0.2, 0.25) is 0 Å². The number of halogens is 3. The lowest BCUT2D eigenvalue weighted by molar-refractivity contribution is -0.153. The Bertz CT molecular complexity index is 1030. The molecule has 1 aliphatic rings. The zero-order valence-electron chi connectivity index (χ0n) is 16.7. The monoisotopic (exact) mass is 461 g/mol. The minimum absolute atomic E-state index is 0.111. The van der Waals surface area contributed by atoms with Gasteiger partial charge in [0.15, 0.2) is 12.3 Å². The van der Waals surface area contributed by atoms with Crippen molar-refractivity contribution in [3.8, 4) is 5.75 Å². The molecule has 0 aliphatic carbocycles. The molecule has 0 unspecified atom stereocenters. The number of amides is 1. The Morgan fingerprint density at radius 2 is 1.87 bits per heavy atom. The summed E-state index contributed by atoms with van der Waals surface area (Å²) in [4.78, 5) is 12.3. The van der Waals surface area contributed by atoms with E-state index in [4.69, 9.17) is 9.26 Å². The van der Waals surface area contributed by atoms with Gasteiger partial charge in [0.05, 0.1) is 10.6 Å². The number of carbonyl (C=O) groups excluding carboxylic acids is 1. The number of aromatic nitrogens is 1. The molecule has 1 aliphatic heterocycles. The Kier molecular flexibility index (Phi) is 6.90. The fourth-order valence-corrected chi connectivity index (χ4v) is 4.69. The molecule has 8 nitrogen and oxygen atoms in total. The summed E-state index contributed by atoms with van der Waals surface area (Å²) in [5.41, 5.74) is -0.328. The molecule has 0 spiro atoms. The minimum Gasteiger partial charge on any atom is -0.482 e. The summed E-state index contributed by atoms with van der Waals surface area (Å²) in [7, 11) is -3.89. The highest BCUT2D eigenvalue weighted by Gasteiger charge is 2.30. The predicted octanol–water partition coefficient (Wildman–Crippen LogP) is 3.74. The average Bonchev–Trinajstić information content (AvgIpc) is 2.95. The zero-order valence-corrected chi connectivity index (χ0v) is 17.6. The highest BCUT2D eigenvalue weighted by molar-refractivity contribution is 7.89. The van der Waals surface area contributed by atoms with Crippen LogP contribution in [0.4, 0.5) is 18.9 Å². The number of sulfonamides is 1. The maximum absolute atomic E-state index is 13.0. The standard InChI is InChI=1S/C19H22F3N3O5S/c1-13-10-16(24-30-13)18(26)23-15-11-14(6-7-17(15)29-12-19(20,21)22)31(27,28)25-8-4-2-3-5-9-25/h6-7,10-11H,2-5,8-9,12H2,1H3,(H,23,26). The first-order valence-corrected chi connectivity index (χ1v) is 11.1. The van der Waals surface area contributed by atoms with Gasteiger partial charge in [-0.2, -0.15) is 17.5 Å². The van der Waals surface area contributed by atoms with Gasteiger partial charge in [0.2, 0.25) is 10.0 Å². The van der Waals surface area contributed by atoms with Crippen LogP contribution in [0.1, 0.15) is 41.9 Å². The Balaban J connectivity index is 1.92. The summed E-state index contributed by atoms with van der Waals surface area (Å²) in [6.45, 7) is 0.677. The van der Waals surface area contributed by atoms with E-state index in [0.29, 0.717) is 18.8 Å². The van der Waals surface area contributed by atoms with Crippen molar-refractivity contribution in [2.45, 2.75) is 43.7 Å². The molecule has 1 aromatic carbocycles. The van der Waals surface area contributed by atoms with Crippen molar-refractivity contribution in [1.82, 2.24) is 9.46 Å². The van der Waals surface area contributed by atoms with Gasteiger partial charge in [-0.1, -0.05) is 18.0 Å². The summed E-state index contributed by atoms with van der Waals surface area (Å²) in [6, 6.07) is 4.70. The largest absolute Gasteiger partial charge is 0.482 e. The molecule has 1 N–H and O–H groups in total. The van der Waals surface area contributed by atoms with Gasteiger partial charge in [0.1, 0.15) is 11.5 Å². The quantitative estimate of drug-likeness (QED) is 0.703. The molecule has 1 amide bonds. The second-order valence-electron chi connectivity index (χ2n) is 7.16. The molecule has 0 bridgehead atoms. The number of hydrogen-bond acceptors (Lipinski definition) is 6. The molecule has 0 atom stereocenters. The van der Waals surface area contributed by atoms with Crippen molar-refractivity contribution < 1.29 is 35.6 Å². The fourth-order valence-electron chi connectivity index (χ4n) is 3.14. The van der Waals surface area contributed by atoms with Crippen LogP contribution >= 0.6 is 0 Å². The first-order chi connectivity index (χ1) is 14.6. The van der Waals surface area contributed by atoms with Crippen molar-refractivity contribution in [1.29, 1.82) is 0 Å². The topological polar surface area (TPSA) is 102 Å². The predicted molar refractivity (Wildman–Crippen MR) is 104 cm³/mol. The molecular formula is C19H22F3N3O5S. The Morgan fingerprint density at radius 3 is 2.45 bits per heavy atom. The molecule has 1 saturated heterocycles. The molecule has 3 rings (SSSR count). The first-order valence-electron chi connectivity index (χ1n) is 9.65. The number of hydrogen-bond donors (Lipinski definition) is 1. The van der Waals surface area contributed by atoms with Crippen molar-refractivity contribution in [3.05, 3.63) is 35.7 Å². The molecule has 1 aromatic heterocycles. The third-order valence-corrected chi connectivity index (χ3v) is 6.55. The number of nitrogens with one attached hydrogen (secondary N) is 1. The molecule has 170 valence electrons. The summed E-state index contributed by atoms with van der Waals surface area (Å²) in [5.74, 6) is -0.741. The van der Waals surface area contributed by atoms with Crippen LogP contribution in [0.3, 0.4) is 0 Å². The second kappa shape index (κ2) is 9.27. The number of anilines is 1. The van der Waals surface area contributed by atoms with Gasteiger partial charge in [-0.15, -0.1) is 0 Å². The maximum Gasteiger partial charge on any atom is 0.422 e. The van der Waals surface area contributed by atoms with Gasteiger partial charge in [0, 0.05) is 19.2 Å². The number of nitrogens with zero attached hydrogens (tertiary/aromatic N) is 2. The van der Waals surface area contributed by atoms with E-state index in [1.807, 2.05) is 0 Å². The number of alkyl halides is 3. The van der Waals surface area contributed by atoms with Crippen LogP contribution in [0.15, 0.2) is 33.7 Å². The second-order valence-corrected chi connectivity index (χ2v) is 9.09. The lowest BCUT2D eigenvalue weighted by Gasteiger charge is -2.21. The molecule has 0 radical (unpaired) electrons. The van der Waals surface area contributed by atoms with E-state index in [2.05, 4.69) is 10.5 Å². The van der Waals surface area contributed by atoms with E-state index in [1.54, 1.807) is 6.92 Å². The number of benzene rings is 1. The molecular weight excluding hydrogens is 439 g/mol. The first kappa shape index (κ1) is 23.1. The van der Waals surface area contributed by atoms with Crippen molar-refractivity contribution in [3.63, 3.8) is 0 Å². The number of rotatable bonds is 6. The molecule has 2 aromatic rings. The third kappa shape index (κ3) is 5.97. The molecule has 1 fully saturated rings. The van der Waals surface area contributed by atoms with E-state index in [-0.39, 0.29) is 22.0 Å². The van der Waals surface area contributed by atoms with E-state index in [9.17, 15) is 26.4 Å². The minimum atomic E-state index is -4.61. The summed E-state index contributed by atoms with van der Waals surface area (Å²) < 4.78 is 74.9. The zero-order chi connectivity index (χ0) is 22.6. The van der Waals surface area contributed by atoms with Crippen molar-refractivity contribution in [2.24, 2.45) is 0 Å². The van der Waals surface area contributed by atoms with Crippen molar-refractivity contribution in [2.75, 3.05) is 25.0 Å². The van der Waals surface area contributed by atoms with Gasteiger partial charge in [-0.25, -0.2) is 8.42 Å². The van der Waals surface area contributed by atoms with Gasteiger partial charge >= 0.3 is 6.18 Å². The number of ether oxygens (including phenoxy) is 1.